The largest absolute Gasteiger partial charge is 0.508 e. The third-order valence-electron chi connectivity index (χ3n) is 9.80. The van der Waals surface area contributed by atoms with E-state index in [0.29, 0.717) is 5.92 Å². The molecule has 0 N–H and O–H groups in total. The van der Waals surface area contributed by atoms with Gasteiger partial charge in [-0.05, 0) is 67.0 Å². The van der Waals surface area contributed by atoms with Gasteiger partial charge in [-0.1, -0.05) is 86.5 Å². The van der Waals surface area contributed by atoms with Crippen LogP contribution in [0, 0.1) is 17.8 Å². The van der Waals surface area contributed by atoms with Gasteiger partial charge in [0.05, 0.1) is 19.3 Å². The number of unbranched alkanes of at least 4 members (excludes halogenated alkanes) is 2. The van der Waals surface area contributed by atoms with Crippen molar-refractivity contribution in [1.82, 2.24) is 0 Å². The van der Waals surface area contributed by atoms with Gasteiger partial charge >= 0.3 is 6.16 Å². The molecule has 0 heterocycles. The van der Waals surface area contributed by atoms with Gasteiger partial charge in [0.15, 0.2) is 16.6 Å². The van der Waals surface area contributed by atoms with Crippen LogP contribution in [-0.2, 0) is 18.3 Å². The Morgan fingerprint density at radius 1 is 1.03 bits per heavy atom. The summed E-state index contributed by atoms with van der Waals surface area (Å²) in [4.78, 5) is 12.0. The molecule has 2 aliphatic carbocycles. The molecule has 0 aliphatic heterocycles. The van der Waals surface area contributed by atoms with E-state index in [0.717, 1.165) is 24.8 Å². The first-order valence-corrected chi connectivity index (χ1v) is 20.6. The fraction of sp³-hybridized carbons (Fsp3) is 0.839. The van der Waals surface area contributed by atoms with Crippen molar-refractivity contribution in [1.29, 1.82) is 0 Å². The van der Waals surface area contributed by atoms with E-state index in [1.54, 1.807) is 0 Å². The highest BCUT2D eigenvalue weighted by Crippen LogP contribution is 2.54. The fourth-order valence-corrected chi connectivity index (χ4v) is 8.06. The molecule has 0 aromatic rings. The molecule has 0 radical (unpaired) electrons. The molecule has 7 heteroatoms. The Kier molecular flexibility index (Phi) is 11.2. The van der Waals surface area contributed by atoms with Gasteiger partial charge in [0.2, 0.25) is 0 Å². The van der Waals surface area contributed by atoms with Crippen molar-refractivity contribution in [2.45, 2.75) is 142 Å². The number of carbonyl (C=O) groups excluding carboxylic acids is 1. The number of hydrogen-bond acceptors (Lipinski definition) is 5. The average Bonchev–Trinajstić information content (AvgIpc) is 3.24. The summed E-state index contributed by atoms with van der Waals surface area (Å²) < 4.78 is 24.6. The highest BCUT2D eigenvalue weighted by molar-refractivity contribution is 6.74. The van der Waals surface area contributed by atoms with E-state index in [1.807, 2.05) is 0 Å². The zero-order valence-electron chi connectivity index (χ0n) is 26.6. The lowest BCUT2D eigenvalue weighted by Crippen LogP contribution is -2.45. The van der Waals surface area contributed by atoms with Gasteiger partial charge in [0.1, 0.15) is 6.10 Å². The number of hydrogen-bond donors (Lipinski definition) is 0. The highest BCUT2D eigenvalue weighted by Gasteiger charge is 2.54. The molecule has 6 atom stereocenters. The SMILES string of the molecule is C=C1C[C@@H]2[C@H](/C=C/[C@H](CCCCC)O[Si](C)(C)C(C)(C)C)[C@H](O[Si](C)(C)C(C)(C)C)C[C@@H]2C1OC(=O)OC. The Morgan fingerprint density at radius 2 is 1.63 bits per heavy atom. The molecule has 2 rings (SSSR count). The van der Waals surface area contributed by atoms with Crippen LogP contribution < -0.4 is 0 Å². The van der Waals surface area contributed by atoms with Gasteiger partial charge < -0.3 is 18.3 Å². The fourth-order valence-electron chi connectivity index (χ4n) is 5.39. The summed E-state index contributed by atoms with van der Waals surface area (Å²) in [5.41, 5.74) is 0.992. The summed E-state index contributed by atoms with van der Waals surface area (Å²) >= 11 is 0. The Hall–Kier alpha value is -0.896. The van der Waals surface area contributed by atoms with Crippen LogP contribution in [-0.4, -0.2) is 48.2 Å². The first kappa shape index (κ1) is 33.3. The van der Waals surface area contributed by atoms with Crippen LogP contribution in [0.1, 0.15) is 87.0 Å². The minimum atomic E-state index is -2.00. The van der Waals surface area contributed by atoms with E-state index < -0.39 is 22.8 Å². The topological polar surface area (TPSA) is 54.0 Å². The molecular weight excluding hydrogens is 509 g/mol. The van der Waals surface area contributed by atoms with Crippen LogP contribution in [0.25, 0.3) is 0 Å². The van der Waals surface area contributed by atoms with E-state index in [4.69, 9.17) is 18.3 Å². The van der Waals surface area contributed by atoms with Gasteiger partial charge in [0, 0.05) is 11.8 Å². The minimum Gasteiger partial charge on any atom is -0.438 e. The lowest BCUT2D eigenvalue weighted by molar-refractivity contribution is 0.0306. The van der Waals surface area contributed by atoms with Crippen molar-refractivity contribution in [3.05, 3.63) is 24.3 Å². The Bertz CT molecular complexity index is 836. The summed E-state index contributed by atoms with van der Waals surface area (Å²) in [6, 6.07) is 0. The van der Waals surface area contributed by atoms with Crippen LogP contribution in [0.5, 0.6) is 0 Å². The lowest BCUT2D eigenvalue weighted by atomic mass is 9.90. The average molecular weight is 567 g/mol. The normalized spacial score (nSPS) is 27.6. The van der Waals surface area contributed by atoms with Crippen LogP contribution in [0.3, 0.4) is 0 Å². The summed E-state index contributed by atoms with van der Waals surface area (Å²) in [6.45, 7) is 29.7. The smallest absolute Gasteiger partial charge is 0.438 e. The van der Waals surface area contributed by atoms with Gasteiger partial charge in [-0.2, -0.15) is 0 Å². The maximum absolute atomic E-state index is 12.0. The number of ether oxygens (including phenoxy) is 2. The second kappa shape index (κ2) is 12.7. The number of rotatable bonds is 11. The van der Waals surface area contributed by atoms with Crippen molar-refractivity contribution in [3.63, 3.8) is 0 Å². The number of methoxy groups -OCH3 is 1. The Labute approximate surface area is 236 Å². The first-order chi connectivity index (χ1) is 17.3. The van der Waals surface area contributed by atoms with Crippen LogP contribution >= 0.6 is 0 Å². The van der Waals surface area contributed by atoms with E-state index in [1.165, 1.54) is 26.4 Å². The minimum absolute atomic E-state index is 0.100. The number of fused-ring (bicyclic) bond motifs is 1. The molecule has 2 aliphatic rings. The molecule has 0 aromatic carbocycles. The van der Waals surface area contributed by atoms with Gasteiger partial charge in [-0.25, -0.2) is 4.79 Å². The quantitative estimate of drug-likeness (QED) is 0.108. The van der Waals surface area contributed by atoms with E-state index in [2.05, 4.69) is 93.4 Å². The van der Waals surface area contributed by atoms with Crippen molar-refractivity contribution >= 4 is 22.8 Å². The summed E-state index contributed by atoms with van der Waals surface area (Å²) in [6.07, 6.45) is 10.4. The molecule has 2 fully saturated rings. The number of carbonyl (C=O) groups is 1. The third kappa shape index (κ3) is 8.08. The predicted molar refractivity (Wildman–Crippen MR) is 164 cm³/mol. The molecule has 0 amide bonds. The van der Waals surface area contributed by atoms with Crippen molar-refractivity contribution in [2.24, 2.45) is 17.8 Å². The van der Waals surface area contributed by atoms with Gasteiger partial charge in [0.25, 0.3) is 0 Å². The lowest BCUT2D eigenvalue weighted by Gasteiger charge is -2.40. The zero-order valence-corrected chi connectivity index (χ0v) is 28.6. The Balaban J connectivity index is 2.38. The molecule has 5 nitrogen and oxygen atoms in total. The summed E-state index contributed by atoms with van der Waals surface area (Å²) in [5.74, 6) is 0.784. The standard InChI is InChI=1S/C31H58O5Si2/c1-14-15-16-17-23(35-37(10,11)30(3,4)5)18-19-24-25-20-22(2)28(34-29(32)33-9)26(25)21-27(24)36-38(12,13)31(6,7)8/h18-19,23-28H,2,14-17,20-21H2,1,3-13H3/b19-18+/t23-,24-,25+,26-,27+,28?/m0/s1. The molecule has 0 aromatic heterocycles. The van der Waals surface area contributed by atoms with Crippen molar-refractivity contribution in [2.75, 3.05) is 7.11 Å². The monoisotopic (exact) mass is 566 g/mol. The van der Waals surface area contributed by atoms with Crippen LogP contribution in [0.2, 0.25) is 36.3 Å². The first-order valence-electron chi connectivity index (χ1n) is 14.8. The molecule has 38 heavy (non-hydrogen) atoms. The van der Waals surface area contributed by atoms with Crippen LogP contribution in [0.4, 0.5) is 4.79 Å². The molecule has 2 saturated carbocycles. The predicted octanol–water partition coefficient (Wildman–Crippen LogP) is 9.27. The van der Waals surface area contributed by atoms with Crippen LogP contribution in [0.15, 0.2) is 24.3 Å². The Morgan fingerprint density at radius 3 is 2.16 bits per heavy atom. The van der Waals surface area contributed by atoms with E-state index in [-0.39, 0.29) is 40.2 Å². The molecule has 0 spiro atoms. The van der Waals surface area contributed by atoms with Crippen molar-refractivity contribution < 1.29 is 23.1 Å². The summed E-state index contributed by atoms with van der Waals surface area (Å²) in [7, 11) is -2.55. The second-order valence-corrected chi connectivity index (χ2v) is 24.2. The van der Waals surface area contributed by atoms with E-state index in [9.17, 15) is 4.79 Å². The molecule has 0 bridgehead atoms. The zero-order chi connectivity index (χ0) is 29.1. The molecular formula is C31H58O5Si2. The summed E-state index contributed by atoms with van der Waals surface area (Å²) in [5, 5.41) is 0.288. The van der Waals surface area contributed by atoms with Crippen molar-refractivity contribution in [3.8, 4) is 0 Å². The van der Waals surface area contributed by atoms with Gasteiger partial charge in [-0.15, -0.1) is 0 Å². The molecule has 220 valence electrons. The second-order valence-electron chi connectivity index (χ2n) is 14.7. The third-order valence-corrected chi connectivity index (χ3v) is 18.8. The highest BCUT2D eigenvalue weighted by atomic mass is 28.4. The maximum Gasteiger partial charge on any atom is 0.508 e. The molecule has 0 saturated heterocycles. The van der Waals surface area contributed by atoms with E-state index >= 15 is 0 Å². The maximum atomic E-state index is 12.0. The molecule has 1 unspecified atom stereocenters. The van der Waals surface area contributed by atoms with Gasteiger partial charge in [-0.3, -0.25) is 0 Å².